The van der Waals surface area contributed by atoms with Crippen molar-refractivity contribution in [2.24, 2.45) is 0 Å². The van der Waals surface area contributed by atoms with Gasteiger partial charge >= 0.3 is 0 Å². The second-order valence-corrected chi connectivity index (χ2v) is 3.73. The fraction of sp³-hybridized carbons (Fsp3) is 0.800. The first-order valence-electron chi connectivity index (χ1n) is 4.89. The molecule has 2 fully saturated rings. The van der Waals surface area contributed by atoms with Gasteiger partial charge in [0.1, 0.15) is 6.10 Å². The maximum Gasteiger partial charge on any atom is 0.102 e. The number of hydrogen-bond acceptors (Lipinski definition) is 3. The standard InChI is InChI=1S/C10H16O3/c1-2-8-7(11)6-10-9(13-8)4-3-5-12-10/h2,7-11H,1,3-6H2/t7-,8+,9-,10+/m0/s1. The molecule has 2 aliphatic rings. The topological polar surface area (TPSA) is 38.7 Å². The molecule has 0 amide bonds. The monoisotopic (exact) mass is 184 g/mol. The van der Waals surface area contributed by atoms with E-state index in [4.69, 9.17) is 9.47 Å². The molecule has 3 nitrogen and oxygen atoms in total. The molecule has 0 aliphatic carbocycles. The highest BCUT2D eigenvalue weighted by Gasteiger charge is 2.37. The van der Waals surface area contributed by atoms with E-state index < -0.39 is 6.10 Å². The van der Waals surface area contributed by atoms with Crippen molar-refractivity contribution in [3.8, 4) is 0 Å². The minimum atomic E-state index is -0.447. The Morgan fingerprint density at radius 3 is 3.00 bits per heavy atom. The molecule has 0 spiro atoms. The van der Waals surface area contributed by atoms with Crippen LogP contribution < -0.4 is 0 Å². The molecule has 13 heavy (non-hydrogen) atoms. The van der Waals surface area contributed by atoms with E-state index in [-0.39, 0.29) is 18.3 Å². The van der Waals surface area contributed by atoms with Gasteiger partial charge in [-0.05, 0) is 12.8 Å². The van der Waals surface area contributed by atoms with Gasteiger partial charge in [-0.3, -0.25) is 0 Å². The Kier molecular flexibility index (Phi) is 2.67. The van der Waals surface area contributed by atoms with Crippen molar-refractivity contribution >= 4 is 0 Å². The predicted octanol–water partition coefficient (Wildman–Crippen LogP) is 0.870. The second kappa shape index (κ2) is 3.78. The van der Waals surface area contributed by atoms with Crippen molar-refractivity contribution in [3.63, 3.8) is 0 Å². The Bertz CT molecular complexity index is 193. The quantitative estimate of drug-likeness (QED) is 0.614. The average molecular weight is 184 g/mol. The van der Waals surface area contributed by atoms with Gasteiger partial charge in [-0.1, -0.05) is 6.08 Å². The fourth-order valence-corrected chi connectivity index (χ4v) is 2.07. The summed E-state index contributed by atoms with van der Waals surface area (Å²) in [4.78, 5) is 0. The minimum absolute atomic E-state index is 0.0972. The van der Waals surface area contributed by atoms with Gasteiger partial charge in [0.15, 0.2) is 0 Å². The Labute approximate surface area is 78.3 Å². The molecule has 2 aliphatic heterocycles. The van der Waals surface area contributed by atoms with Crippen molar-refractivity contribution in [3.05, 3.63) is 12.7 Å². The zero-order valence-corrected chi connectivity index (χ0v) is 7.69. The van der Waals surface area contributed by atoms with Crippen LogP contribution in [0.4, 0.5) is 0 Å². The number of ether oxygens (including phenoxy) is 2. The van der Waals surface area contributed by atoms with Crippen LogP contribution in [0.25, 0.3) is 0 Å². The fourth-order valence-electron chi connectivity index (χ4n) is 2.07. The predicted molar refractivity (Wildman–Crippen MR) is 48.5 cm³/mol. The average Bonchev–Trinajstić information content (AvgIpc) is 2.17. The SMILES string of the molecule is C=C[C@H]1O[C@H]2CCCO[C@@H]2C[C@@H]1O. The number of fused-ring (bicyclic) bond motifs is 1. The summed E-state index contributed by atoms with van der Waals surface area (Å²) in [7, 11) is 0. The van der Waals surface area contributed by atoms with E-state index in [1.165, 1.54) is 0 Å². The van der Waals surface area contributed by atoms with Crippen LogP contribution in [0.5, 0.6) is 0 Å². The van der Waals surface area contributed by atoms with Crippen molar-refractivity contribution < 1.29 is 14.6 Å². The van der Waals surface area contributed by atoms with Crippen LogP contribution in [-0.2, 0) is 9.47 Å². The van der Waals surface area contributed by atoms with Gasteiger partial charge in [0.25, 0.3) is 0 Å². The first-order valence-corrected chi connectivity index (χ1v) is 4.89. The Balaban J connectivity index is 2.00. The summed E-state index contributed by atoms with van der Waals surface area (Å²) in [5.74, 6) is 0. The lowest BCUT2D eigenvalue weighted by Crippen LogP contribution is -2.49. The van der Waals surface area contributed by atoms with Gasteiger partial charge in [0.05, 0.1) is 18.3 Å². The summed E-state index contributed by atoms with van der Waals surface area (Å²) < 4.78 is 11.2. The third-order valence-electron chi connectivity index (χ3n) is 2.80. The Hall–Kier alpha value is -0.380. The third-order valence-corrected chi connectivity index (χ3v) is 2.80. The normalized spacial score (nSPS) is 45.3. The van der Waals surface area contributed by atoms with Crippen LogP contribution in [0.3, 0.4) is 0 Å². The highest BCUT2D eigenvalue weighted by Crippen LogP contribution is 2.29. The molecule has 1 N–H and O–H groups in total. The van der Waals surface area contributed by atoms with Gasteiger partial charge in [-0.15, -0.1) is 6.58 Å². The van der Waals surface area contributed by atoms with Gasteiger partial charge in [0, 0.05) is 13.0 Å². The van der Waals surface area contributed by atoms with Crippen molar-refractivity contribution in [2.45, 2.75) is 43.7 Å². The van der Waals surface area contributed by atoms with E-state index in [9.17, 15) is 5.11 Å². The second-order valence-electron chi connectivity index (χ2n) is 3.73. The van der Waals surface area contributed by atoms with E-state index >= 15 is 0 Å². The molecule has 2 rings (SSSR count). The highest BCUT2D eigenvalue weighted by atomic mass is 16.6. The van der Waals surface area contributed by atoms with E-state index in [0.717, 1.165) is 19.4 Å². The molecule has 4 atom stereocenters. The molecule has 2 saturated heterocycles. The molecule has 0 bridgehead atoms. The summed E-state index contributed by atoms with van der Waals surface area (Å²) in [6, 6.07) is 0. The highest BCUT2D eigenvalue weighted by molar-refractivity contribution is 4.95. The Morgan fingerprint density at radius 2 is 2.23 bits per heavy atom. The van der Waals surface area contributed by atoms with Crippen LogP contribution in [0.1, 0.15) is 19.3 Å². The lowest BCUT2D eigenvalue weighted by Gasteiger charge is -2.40. The lowest BCUT2D eigenvalue weighted by atomic mass is 9.94. The van der Waals surface area contributed by atoms with E-state index in [1.54, 1.807) is 6.08 Å². The van der Waals surface area contributed by atoms with Gasteiger partial charge < -0.3 is 14.6 Å². The van der Waals surface area contributed by atoms with Crippen molar-refractivity contribution in [2.75, 3.05) is 6.61 Å². The number of rotatable bonds is 1. The maximum atomic E-state index is 9.63. The van der Waals surface area contributed by atoms with Crippen molar-refractivity contribution in [1.82, 2.24) is 0 Å². The molecule has 0 unspecified atom stereocenters. The lowest BCUT2D eigenvalue weighted by molar-refractivity contribution is -0.188. The smallest absolute Gasteiger partial charge is 0.102 e. The molecule has 3 heteroatoms. The van der Waals surface area contributed by atoms with Crippen molar-refractivity contribution in [1.29, 1.82) is 0 Å². The molecule has 0 radical (unpaired) electrons. The minimum Gasteiger partial charge on any atom is -0.390 e. The summed E-state index contributed by atoms with van der Waals surface area (Å²) >= 11 is 0. The molecule has 0 saturated carbocycles. The van der Waals surface area contributed by atoms with Crippen LogP contribution in [0.15, 0.2) is 12.7 Å². The molecule has 74 valence electrons. The summed E-state index contributed by atoms with van der Waals surface area (Å²) in [6.45, 7) is 4.45. The molecule has 2 heterocycles. The van der Waals surface area contributed by atoms with Crippen LogP contribution in [0, 0.1) is 0 Å². The first-order chi connectivity index (χ1) is 6.31. The van der Waals surface area contributed by atoms with E-state index in [2.05, 4.69) is 6.58 Å². The molecular weight excluding hydrogens is 168 g/mol. The van der Waals surface area contributed by atoms with E-state index in [0.29, 0.717) is 6.42 Å². The summed E-state index contributed by atoms with van der Waals surface area (Å²) in [5.41, 5.74) is 0. The third kappa shape index (κ3) is 1.77. The molecule has 0 aromatic carbocycles. The number of aliphatic hydroxyl groups is 1. The summed E-state index contributed by atoms with van der Waals surface area (Å²) in [5, 5.41) is 9.63. The first kappa shape index (κ1) is 9.19. The zero-order valence-electron chi connectivity index (χ0n) is 7.69. The number of aliphatic hydroxyl groups excluding tert-OH is 1. The molecule has 0 aromatic heterocycles. The maximum absolute atomic E-state index is 9.63. The summed E-state index contributed by atoms with van der Waals surface area (Å²) in [6.07, 6.45) is 4.07. The van der Waals surface area contributed by atoms with Gasteiger partial charge in [0.2, 0.25) is 0 Å². The molecule has 0 aromatic rings. The van der Waals surface area contributed by atoms with Crippen LogP contribution in [-0.4, -0.2) is 36.1 Å². The molecular formula is C10H16O3. The van der Waals surface area contributed by atoms with E-state index in [1.807, 2.05) is 0 Å². The number of hydrogen-bond donors (Lipinski definition) is 1. The van der Waals surface area contributed by atoms with Gasteiger partial charge in [-0.25, -0.2) is 0 Å². The Morgan fingerprint density at radius 1 is 1.38 bits per heavy atom. The van der Waals surface area contributed by atoms with Crippen LogP contribution in [0.2, 0.25) is 0 Å². The zero-order chi connectivity index (χ0) is 9.26. The largest absolute Gasteiger partial charge is 0.390 e. The van der Waals surface area contributed by atoms with Crippen LogP contribution >= 0.6 is 0 Å². The van der Waals surface area contributed by atoms with Gasteiger partial charge in [-0.2, -0.15) is 0 Å².